The zero-order valence-corrected chi connectivity index (χ0v) is 14.5. The lowest BCUT2D eigenvalue weighted by Crippen LogP contribution is -2.24. The van der Waals surface area contributed by atoms with Crippen LogP contribution >= 0.6 is 11.8 Å². The molecule has 0 fully saturated rings. The van der Waals surface area contributed by atoms with Crippen LogP contribution in [0, 0.1) is 11.3 Å². The molecule has 0 saturated carbocycles. The van der Waals surface area contributed by atoms with Gasteiger partial charge in [-0.3, -0.25) is 0 Å². The van der Waals surface area contributed by atoms with Crippen LogP contribution in [0.1, 0.15) is 27.2 Å². The number of thioether (sulfide) groups is 1. The van der Waals surface area contributed by atoms with Crippen molar-refractivity contribution in [2.24, 2.45) is 11.3 Å². The fourth-order valence-corrected chi connectivity index (χ4v) is 2.95. The molecule has 0 aromatic carbocycles. The van der Waals surface area contributed by atoms with Gasteiger partial charge in [-0.2, -0.15) is 11.8 Å². The van der Waals surface area contributed by atoms with Crippen molar-refractivity contribution < 1.29 is 0 Å². The molecule has 3 heteroatoms. The van der Waals surface area contributed by atoms with Crippen LogP contribution in [0.4, 0.5) is 0 Å². The zero-order chi connectivity index (χ0) is 15.3. The van der Waals surface area contributed by atoms with Crippen LogP contribution in [-0.2, 0) is 0 Å². The Bertz CT molecular complexity index is 415. The Labute approximate surface area is 134 Å². The maximum atomic E-state index is 2.32. The average molecular weight is 305 g/mol. The Balaban J connectivity index is 1.69. The summed E-state index contributed by atoms with van der Waals surface area (Å²) in [5.74, 6) is 0.546. The number of allylic oxidation sites excluding steroid dienone is 2. The fraction of sp³-hybridized carbons (Fsp3) is 0.556. The SMILES string of the molecule is CSC1C=CN(CCCN2C=CC(C(C)(C)C)C=C2)C=C1. The van der Waals surface area contributed by atoms with E-state index in [1.54, 1.807) is 0 Å². The summed E-state index contributed by atoms with van der Waals surface area (Å²) >= 11 is 1.87. The van der Waals surface area contributed by atoms with E-state index >= 15 is 0 Å². The smallest absolute Gasteiger partial charge is 0.0438 e. The minimum Gasteiger partial charge on any atom is -0.355 e. The maximum Gasteiger partial charge on any atom is 0.0438 e. The third-order valence-corrected chi connectivity index (χ3v) is 4.87. The molecule has 2 heterocycles. The van der Waals surface area contributed by atoms with Crippen molar-refractivity contribution in [3.63, 3.8) is 0 Å². The summed E-state index contributed by atoms with van der Waals surface area (Å²) in [5.41, 5.74) is 0.316. The number of hydrogen-bond donors (Lipinski definition) is 0. The molecule has 2 rings (SSSR count). The molecule has 0 saturated heterocycles. The second kappa shape index (κ2) is 7.26. The Morgan fingerprint density at radius 1 is 0.857 bits per heavy atom. The molecule has 21 heavy (non-hydrogen) atoms. The van der Waals surface area contributed by atoms with Crippen molar-refractivity contribution in [2.75, 3.05) is 19.3 Å². The number of nitrogens with zero attached hydrogens (tertiary/aromatic N) is 2. The Hall–Kier alpha value is -1.09. The van der Waals surface area contributed by atoms with E-state index in [9.17, 15) is 0 Å². The monoisotopic (exact) mass is 304 g/mol. The molecule has 116 valence electrons. The molecule has 0 aromatic heterocycles. The zero-order valence-electron chi connectivity index (χ0n) is 13.7. The molecular weight excluding hydrogens is 276 g/mol. The molecule has 0 radical (unpaired) electrons. The third kappa shape index (κ3) is 4.99. The lowest BCUT2D eigenvalue weighted by Gasteiger charge is -2.30. The van der Waals surface area contributed by atoms with Gasteiger partial charge in [0, 0.05) is 49.1 Å². The van der Waals surface area contributed by atoms with Gasteiger partial charge < -0.3 is 9.80 Å². The Morgan fingerprint density at radius 2 is 1.33 bits per heavy atom. The van der Waals surface area contributed by atoms with Crippen molar-refractivity contribution in [3.8, 4) is 0 Å². The quantitative estimate of drug-likeness (QED) is 0.740. The van der Waals surface area contributed by atoms with Crippen molar-refractivity contribution >= 4 is 11.8 Å². The molecular formula is C18H28N2S. The van der Waals surface area contributed by atoms with Gasteiger partial charge in [0.2, 0.25) is 0 Å². The molecule has 2 nitrogen and oxygen atoms in total. The summed E-state index contributed by atoms with van der Waals surface area (Å²) in [5, 5.41) is 0.545. The first-order chi connectivity index (χ1) is 9.99. The minimum atomic E-state index is 0.316. The van der Waals surface area contributed by atoms with Crippen LogP contribution in [0.5, 0.6) is 0 Å². The summed E-state index contributed by atoms with van der Waals surface area (Å²) in [6, 6.07) is 0. The van der Waals surface area contributed by atoms with Crippen LogP contribution in [0.3, 0.4) is 0 Å². The van der Waals surface area contributed by atoms with Crippen LogP contribution in [0.25, 0.3) is 0 Å². The van der Waals surface area contributed by atoms with E-state index in [0.717, 1.165) is 19.5 Å². The largest absolute Gasteiger partial charge is 0.355 e. The highest BCUT2D eigenvalue weighted by Gasteiger charge is 2.21. The summed E-state index contributed by atoms with van der Waals surface area (Å²) in [4.78, 5) is 4.58. The summed E-state index contributed by atoms with van der Waals surface area (Å²) in [7, 11) is 0. The third-order valence-electron chi connectivity index (χ3n) is 4.01. The highest BCUT2D eigenvalue weighted by atomic mass is 32.2. The first-order valence-electron chi connectivity index (χ1n) is 7.76. The predicted molar refractivity (Wildman–Crippen MR) is 94.8 cm³/mol. The lowest BCUT2D eigenvalue weighted by atomic mass is 9.80. The summed E-state index contributed by atoms with van der Waals surface area (Å²) < 4.78 is 0. The summed E-state index contributed by atoms with van der Waals surface area (Å²) in [6.45, 7) is 9.03. The van der Waals surface area contributed by atoms with Gasteiger partial charge in [0.1, 0.15) is 0 Å². The second-order valence-corrected chi connectivity index (χ2v) is 7.80. The topological polar surface area (TPSA) is 6.48 Å². The van der Waals surface area contributed by atoms with Crippen molar-refractivity contribution in [1.82, 2.24) is 9.80 Å². The first-order valence-corrected chi connectivity index (χ1v) is 9.05. The molecule has 0 aliphatic carbocycles. The standard InChI is InChI=1S/C18H28N2S/c1-18(2,3)16-6-12-19(13-7-16)10-5-11-20-14-8-17(21-4)9-15-20/h6-9,12-17H,5,10-11H2,1-4H3. The molecule has 0 spiro atoms. The minimum absolute atomic E-state index is 0.316. The molecule has 0 amide bonds. The normalized spacial score (nSPS) is 19.8. The average Bonchev–Trinajstić information content (AvgIpc) is 2.47. The van der Waals surface area contributed by atoms with Gasteiger partial charge in [0.15, 0.2) is 0 Å². The maximum absolute atomic E-state index is 2.32. The highest BCUT2D eigenvalue weighted by Crippen LogP contribution is 2.30. The van der Waals surface area contributed by atoms with Gasteiger partial charge in [0.25, 0.3) is 0 Å². The van der Waals surface area contributed by atoms with E-state index in [1.807, 2.05) is 11.8 Å². The number of rotatable bonds is 5. The molecule has 0 unspecified atom stereocenters. The molecule has 0 N–H and O–H groups in total. The summed E-state index contributed by atoms with van der Waals surface area (Å²) in [6.07, 6.45) is 21.4. The van der Waals surface area contributed by atoms with E-state index < -0.39 is 0 Å². The van der Waals surface area contributed by atoms with Crippen LogP contribution in [-0.4, -0.2) is 34.4 Å². The van der Waals surface area contributed by atoms with Gasteiger partial charge in [0.05, 0.1) is 0 Å². The van der Waals surface area contributed by atoms with Gasteiger partial charge in [-0.15, -0.1) is 0 Å². The van der Waals surface area contributed by atoms with Gasteiger partial charge in [-0.05, 0) is 18.1 Å². The van der Waals surface area contributed by atoms with Crippen molar-refractivity contribution in [3.05, 3.63) is 49.1 Å². The molecule has 2 aliphatic heterocycles. The van der Waals surface area contributed by atoms with Crippen LogP contribution in [0.2, 0.25) is 0 Å². The molecule has 0 atom stereocenters. The van der Waals surface area contributed by atoms with Gasteiger partial charge >= 0.3 is 0 Å². The van der Waals surface area contributed by atoms with Gasteiger partial charge in [-0.25, -0.2) is 0 Å². The van der Waals surface area contributed by atoms with Crippen molar-refractivity contribution in [1.29, 1.82) is 0 Å². The van der Waals surface area contributed by atoms with E-state index in [4.69, 9.17) is 0 Å². The number of hydrogen-bond acceptors (Lipinski definition) is 3. The van der Waals surface area contributed by atoms with E-state index in [1.165, 1.54) is 0 Å². The lowest BCUT2D eigenvalue weighted by molar-refractivity contribution is 0.326. The van der Waals surface area contributed by atoms with E-state index in [2.05, 4.69) is 85.9 Å². The van der Waals surface area contributed by atoms with E-state index in [-0.39, 0.29) is 0 Å². The van der Waals surface area contributed by atoms with Crippen molar-refractivity contribution in [2.45, 2.75) is 32.4 Å². The molecule has 0 aromatic rings. The Morgan fingerprint density at radius 3 is 1.76 bits per heavy atom. The predicted octanol–water partition coefficient (Wildman–Crippen LogP) is 4.46. The van der Waals surface area contributed by atoms with E-state index in [0.29, 0.717) is 16.6 Å². The van der Waals surface area contributed by atoms with Gasteiger partial charge in [-0.1, -0.05) is 45.1 Å². The Kier molecular flexibility index (Phi) is 5.63. The highest BCUT2D eigenvalue weighted by molar-refractivity contribution is 7.99. The molecule has 2 aliphatic rings. The van der Waals surface area contributed by atoms with Crippen LogP contribution in [0.15, 0.2) is 49.1 Å². The molecule has 0 bridgehead atoms. The van der Waals surface area contributed by atoms with Crippen LogP contribution < -0.4 is 0 Å². The first kappa shape index (κ1) is 16.3. The fourth-order valence-electron chi connectivity index (χ4n) is 2.49. The second-order valence-electron chi connectivity index (χ2n) is 6.79.